The lowest BCUT2D eigenvalue weighted by Crippen LogP contribution is -2.34. The number of hydrogen-bond donors (Lipinski definition) is 1. The highest BCUT2D eigenvalue weighted by atomic mass is 16.5. The molecule has 1 N–H and O–H groups in total. The molecular formula is C16H21NO4. The van der Waals surface area contributed by atoms with Gasteiger partial charge in [-0.05, 0) is 37.0 Å². The number of amides is 1. The third-order valence-electron chi connectivity index (χ3n) is 3.76. The fraction of sp³-hybridized carbons (Fsp3) is 0.500. The molecule has 1 saturated heterocycles. The highest BCUT2D eigenvalue weighted by Crippen LogP contribution is 2.14. The summed E-state index contributed by atoms with van der Waals surface area (Å²) in [5.74, 6) is -0.846. The minimum Gasteiger partial charge on any atom is -0.478 e. The first-order valence-electron chi connectivity index (χ1n) is 7.24. The van der Waals surface area contributed by atoms with Crippen molar-refractivity contribution in [3.8, 4) is 0 Å². The maximum Gasteiger partial charge on any atom is 0.335 e. The van der Waals surface area contributed by atoms with E-state index < -0.39 is 5.97 Å². The maximum absolute atomic E-state index is 12.1. The summed E-state index contributed by atoms with van der Waals surface area (Å²) in [4.78, 5) is 24.5. The van der Waals surface area contributed by atoms with Crippen LogP contribution in [0.4, 0.5) is 0 Å². The zero-order chi connectivity index (χ0) is 15.2. The number of aromatic carboxylic acids is 1. The van der Waals surface area contributed by atoms with E-state index in [0.29, 0.717) is 19.4 Å². The van der Waals surface area contributed by atoms with Crippen molar-refractivity contribution < 1.29 is 19.4 Å². The van der Waals surface area contributed by atoms with Crippen LogP contribution in [0.25, 0.3) is 0 Å². The van der Waals surface area contributed by atoms with Crippen LogP contribution >= 0.6 is 0 Å². The molecule has 1 heterocycles. The van der Waals surface area contributed by atoms with Gasteiger partial charge in [0, 0.05) is 26.6 Å². The second kappa shape index (κ2) is 7.22. The number of carboxylic acids is 1. The topological polar surface area (TPSA) is 66.8 Å². The average molecular weight is 291 g/mol. The molecule has 2 rings (SSSR count). The molecule has 0 aliphatic carbocycles. The largest absolute Gasteiger partial charge is 0.478 e. The van der Waals surface area contributed by atoms with Gasteiger partial charge in [-0.3, -0.25) is 4.79 Å². The van der Waals surface area contributed by atoms with Crippen molar-refractivity contribution in [1.29, 1.82) is 0 Å². The Kier molecular flexibility index (Phi) is 5.33. The summed E-state index contributed by atoms with van der Waals surface area (Å²) in [6.07, 6.45) is 3.31. The smallest absolute Gasteiger partial charge is 0.335 e. The lowest BCUT2D eigenvalue weighted by atomic mass is 10.1. The van der Waals surface area contributed by atoms with Crippen LogP contribution in [0.3, 0.4) is 0 Å². The van der Waals surface area contributed by atoms with Crippen molar-refractivity contribution in [2.75, 3.05) is 20.2 Å². The Morgan fingerprint density at radius 2 is 2.05 bits per heavy atom. The normalized spacial score (nSPS) is 17.7. The van der Waals surface area contributed by atoms with E-state index >= 15 is 0 Å². The predicted molar refractivity (Wildman–Crippen MR) is 78.3 cm³/mol. The molecule has 1 amide bonds. The quantitative estimate of drug-likeness (QED) is 0.870. The molecular weight excluding hydrogens is 270 g/mol. The molecule has 5 heteroatoms. The average Bonchev–Trinajstić information content (AvgIpc) is 2.98. The van der Waals surface area contributed by atoms with Crippen LogP contribution in [-0.4, -0.2) is 48.2 Å². The molecule has 0 unspecified atom stereocenters. The van der Waals surface area contributed by atoms with E-state index in [-0.39, 0.29) is 17.6 Å². The van der Waals surface area contributed by atoms with E-state index in [9.17, 15) is 9.59 Å². The number of hydrogen-bond acceptors (Lipinski definition) is 3. The zero-order valence-corrected chi connectivity index (χ0v) is 12.2. The molecule has 0 aromatic heterocycles. The Bertz CT molecular complexity index is 492. The Morgan fingerprint density at radius 1 is 1.33 bits per heavy atom. The molecule has 1 aliphatic heterocycles. The van der Waals surface area contributed by atoms with E-state index in [1.54, 1.807) is 36.2 Å². The van der Waals surface area contributed by atoms with Crippen molar-refractivity contribution in [2.24, 2.45) is 0 Å². The van der Waals surface area contributed by atoms with Gasteiger partial charge in [0.05, 0.1) is 11.7 Å². The molecule has 0 radical (unpaired) electrons. The second-order valence-electron chi connectivity index (χ2n) is 5.41. The lowest BCUT2D eigenvalue weighted by Gasteiger charge is -2.20. The standard InChI is InChI=1S/C16H21NO4/c1-17(11-14-3-2-10-21-14)15(18)9-6-12-4-7-13(8-5-12)16(19)20/h4-5,7-8,14H,2-3,6,9-11H2,1H3,(H,19,20)/t14-/m0/s1. The minimum atomic E-state index is -0.936. The van der Waals surface area contributed by atoms with Crippen LogP contribution in [0.15, 0.2) is 24.3 Å². The maximum atomic E-state index is 12.1. The molecule has 114 valence electrons. The molecule has 21 heavy (non-hydrogen) atoms. The SMILES string of the molecule is CN(C[C@@H]1CCCO1)C(=O)CCc1ccc(C(=O)O)cc1. The molecule has 1 aliphatic rings. The number of benzene rings is 1. The van der Waals surface area contributed by atoms with Crippen LogP contribution in [-0.2, 0) is 16.0 Å². The third-order valence-corrected chi connectivity index (χ3v) is 3.76. The summed E-state index contributed by atoms with van der Waals surface area (Å²) in [7, 11) is 1.80. The first kappa shape index (κ1) is 15.5. The molecule has 0 bridgehead atoms. The summed E-state index contributed by atoms with van der Waals surface area (Å²) in [6, 6.07) is 6.66. The summed E-state index contributed by atoms with van der Waals surface area (Å²) in [5.41, 5.74) is 1.24. The van der Waals surface area contributed by atoms with Crippen molar-refractivity contribution in [3.63, 3.8) is 0 Å². The molecule has 1 aromatic carbocycles. The summed E-state index contributed by atoms with van der Waals surface area (Å²) in [6.45, 7) is 1.44. The summed E-state index contributed by atoms with van der Waals surface area (Å²) >= 11 is 0. The highest BCUT2D eigenvalue weighted by molar-refractivity contribution is 5.87. The molecule has 1 fully saturated rings. The fourth-order valence-electron chi connectivity index (χ4n) is 2.45. The van der Waals surface area contributed by atoms with Crippen LogP contribution in [0.1, 0.15) is 35.2 Å². The van der Waals surface area contributed by atoms with Gasteiger partial charge in [0.25, 0.3) is 0 Å². The Balaban J connectivity index is 1.78. The highest BCUT2D eigenvalue weighted by Gasteiger charge is 2.19. The zero-order valence-electron chi connectivity index (χ0n) is 12.2. The van der Waals surface area contributed by atoms with Gasteiger partial charge in [-0.2, -0.15) is 0 Å². The number of likely N-dealkylation sites (N-methyl/N-ethyl adjacent to an activating group) is 1. The Labute approximate surface area is 124 Å². The number of carbonyl (C=O) groups is 2. The van der Waals surface area contributed by atoms with Gasteiger partial charge in [0.15, 0.2) is 0 Å². The Hall–Kier alpha value is -1.88. The number of aryl methyl sites for hydroxylation is 1. The molecule has 1 atom stereocenters. The van der Waals surface area contributed by atoms with E-state index in [1.165, 1.54) is 0 Å². The number of rotatable bonds is 6. The molecule has 5 nitrogen and oxygen atoms in total. The number of nitrogens with zero attached hydrogens (tertiary/aromatic N) is 1. The summed E-state index contributed by atoms with van der Waals surface area (Å²) in [5, 5.41) is 8.83. The summed E-state index contributed by atoms with van der Waals surface area (Å²) < 4.78 is 5.52. The van der Waals surface area contributed by atoms with Gasteiger partial charge in [-0.15, -0.1) is 0 Å². The first-order chi connectivity index (χ1) is 10.1. The number of carbonyl (C=O) groups excluding carboxylic acids is 1. The second-order valence-corrected chi connectivity index (χ2v) is 5.41. The van der Waals surface area contributed by atoms with Crippen LogP contribution < -0.4 is 0 Å². The first-order valence-corrected chi connectivity index (χ1v) is 7.24. The molecule has 0 spiro atoms. The van der Waals surface area contributed by atoms with Gasteiger partial charge in [0.1, 0.15) is 0 Å². The van der Waals surface area contributed by atoms with Crippen molar-refractivity contribution in [3.05, 3.63) is 35.4 Å². The number of carboxylic acid groups (broad SMARTS) is 1. The Morgan fingerprint density at radius 3 is 2.62 bits per heavy atom. The lowest BCUT2D eigenvalue weighted by molar-refractivity contribution is -0.131. The minimum absolute atomic E-state index is 0.0906. The number of ether oxygens (including phenoxy) is 1. The van der Waals surface area contributed by atoms with Crippen LogP contribution in [0.2, 0.25) is 0 Å². The van der Waals surface area contributed by atoms with E-state index in [0.717, 1.165) is 25.0 Å². The van der Waals surface area contributed by atoms with Crippen LogP contribution in [0, 0.1) is 0 Å². The van der Waals surface area contributed by atoms with Crippen molar-refractivity contribution in [2.45, 2.75) is 31.8 Å². The monoisotopic (exact) mass is 291 g/mol. The van der Waals surface area contributed by atoms with Crippen molar-refractivity contribution in [1.82, 2.24) is 4.90 Å². The van der Waals surface area contributed by atoms with Gasteiger partial charge in [0.2, 0.25) is 5.91 Å². The fourth-order valence-corrected chi connectivity index (χ4v) is 2.45. The van der Waals surface area contributed by atoms with Gasteiger partial charge in [-0.25, -0.2) is 4.79 Å². The molecule has 1 aromatic rings. The van der Waals surface area contributed by atoms with Crippen LogP contribution in [0.5, 0.6) is 0 Å². The van der Waals surface area contributed by atoms with Gasteiger partial charge < -0.3 is 14.7 Å². The van der Waals surface area contributed by atoms with E-state index in [2.05, 4.69) is 0 Å². The predicted octanol–water partition coefficient (Wildman–Crippen LogP) is 1.95. The van der Waals surface area contributed by atoms with Gasteiger partial charge in [-0.1, -0.05) is 12.1 Å². The third kappa shape index (κ3) is 4.56. The van der Waals surface area contributed by atoms with Crippen molar-refractivity contribution >= 4 is 11.9 Å². The molecule has 0 saturated carbocycles. The van der Waals surface area contributed by atoms with Gasteiger partial charge >= 0.3 is 5.97 Å². The van der Waals surface area contributed by atoms with E-state index in [4.69, 9.17) is 9.84 Å². The van der Waals surface area contributed by atoms with E-state index in [1.807, 2.05) is 0 Å².